The number of hydrogen-bond donors (Lipinski definition) is 0. The van der Waals surface area contributed by atoms with Crippen LogP contribution < -0.4 is 0 Å². The summed E-state index contributed by atoms with van der Waals surface area (Å²) < 4.78 is 26.0. The van der Waals surface area contributed by atoms with Gasteiger partial charge in [0.05, 0.1) is 6.04 Å². The number of rotatable bonds is 4. The molecule has 0 bridgehead atoms. The Hall–Kier alpha value is -2.16. The van der Waals surface area contributed by atoms with E-state index in [-0.39, 0.29) is 11.4 Å². The minimum Gasteiger partial charge on any atom is -0.358 e. The molecule has 0 N–H and O–H groups in total. The fourth-order valence-electron chi connectivity index (χ4n) is 2.10. The largest absolute Gasteiger partial charge is 0.363 e. The number of isocyanates is 1. The first-order chi connectivity index (χ1) is 9.95. The van der Waals surface area contributed by atoms with Crippen LogP contribution in [0.5, 0.6) is 0 Å². The van der Waals surface area contributed by atoms with Gasteiger partial charge < -0.3 is 10.1 Å². The van der Waals surface area contributed by atoms with Crippen molar-refractivity contribution in [2.75, 3.05) is 13.1 Å². The number of carbonyl (C=O) groups excluding carboxylic acids is 1. The van der Waals surface area contributed by atoms with E-state index < -0.39 is 26.8 Å². The van der Waals surface area contributed by atoms with Crippen LogP contribution in [0.25, 0.3) is 0 Å². The Kier molecular flexibility index (Phi) is 4.41. The molecule has 10 heteroatoms. The molecule has 21 heavy (non-hydrogen) atoms. The van der Waals surface area contributed by atoms with E-state index in [0.29, 0.717) is 19.4 Å². The lowest BCUT2D eigenvalue weighted by molar-refractivity contribution is -0.389. The highest BCUT2D eigenvalue weighted by Gasteiger charge is 2.31. The first-order valence-corrected chi connectivity index (χ1v) is 7.56. The summed E-state index contributed by atoms with van der Waals surface area (Å²) in [5, 5.41) is 10.5. The van der Waals surface area contributed by atoms with E-state index in [1.54, 1.807) is 0 Å². The molecule has 1 aromatic rings. The van der Waals surface area contributed by atoms with Crippen LogP contribution >= 0.6 is 0 Å². The van der Waals surface area contributed by atoms with Crippen LogP contribution in [-0.2, 0) is 14.8 Å². The van der Waals surface area contributed by atoms with Gasteiger partial charge in [-0.3, -0.25) is 0 Å². The van der Waals surface area contributed by atoms with Crippen molar-refractivity contribution in [1.82, 2.24) is 9.29 Å². The fourth-order valence-corrected chi connectivity index (χ4v) is 3.56. The normalized spacial score (nSPS) is 19.7. The van der Waals surface area contributed by atoms with Crippen molar-refractivity contribution in [2.45, 2.75) is 23.8 Å². The van der Waals surface area contributed by atoms with Gasteiger partial charge in [0.15, 0.2) is 6.20 Å². The van der Waals surface area contributed by atoms with Gasteiger partial charge >= 0.3 is 5.82 Å². The Balaban J connectivity index is 2.24. The van der Waals surface area contributed by atoms with Crippen LogP contribution in [0.2, 0.25) is 0 Å². The van der Waals surface area contributed by atoms with E-state index in [2.05, 4.69) is 9.98 Å². The Morgan fingerprint density at radius 1 is 1.48 bits per heavy atom. The van der Waals surface area contributed by atoms with Gasteiger partial charge in [-0.25, -0.2) is 18.2 Å². The number of pyridine rings is 1. The van der Waals surface area contributed by atoms with Crippen molar-refractivity contribution in [1.29, 1.82) is 0 Å². The van der Waals surface area contributed by atoms with Gasteiger partial charge in [-0.1, -0.05) is 0 Å². The molecule has 1 atom stereocenters. The molecule has 0 aromatic carbocycles. The molecule has 0 radical (unpaired) electrons. The van der Waals surface area contributed by atoms with Crippen molar-refractivity contribution in [3.8, 4) is 0 Å². The Morgan fingerprint density at radius 3 is 2.81 bits per heavy atom. The molecule has 0 amide bonds. The zero-order chi connectivity index (χ0) is 15.5. The number of aromatic nitrogens is 1. The van der Waals surface area contributed by atoms with E-state index in [9.17, 15) is 23.3 Å². The zero-order valence-electron chi connectivity index (χ0n) is 10.9. The number of piperidine rings is 1. The van der Waals surface area contributed by atoms with Crippen molar-refractivity contribution in [3.05, 3.63) is 28.4 Å². The first kappa shape index (κ1) is 15.2. The second-order valence-electron chi connectivity index (χ2n) is 4.49. The molecular weight excluding hydrogens is 300 g/mol. The van der Waals surface area contributed by atoms with E-state index in [0.717, 1.165) is 18.3 Å². The lowest BCUT2D eigenvalue weighted by Crippen LogP contribution is -2.41. The number of sulfonamides is 1. The Labute approximate surface area is 120 Å². The van der Waals surface area contributed by atoms with Gasteiger partial charge in [0.1, 0.15) is 4.90 Å². The van der Waals surface area contributed by atoms with Crippen LogP contribution in [0.1, 0.15) is 12.8 Å². The predicted molar refractivity (Wildman–Crippen MR) is 70.8 cm³/mol. The van der Waals surface area contributed by atoms with Crippen LogP contribution in [0.15, 0.2) is 28.2 Å². The summed E-state index contributed by atoms with van der Waals surface area (Å²) in [6, 6.07) is 1.78. The minimum absolute atomic E-state index is 0.0918. The second kappa shape index (κ2) is 6.08. The third kappa shape index (κ3) is 3.30. The van der Waals surface area contributed by atoms with Crippen LogP contribution in [0.4, 0.5) is 5.82 Å². The standard InChI is InChI=1S/C11H12N4O5S/c16-8-13-9-2-1-5-14(7-9)21(19,20)10-3-4-11(12-6-10)15(17)18/h3-4,6,9H,1-2,5,7H2. The molecule has 1 unspecified atom stereocenters. The second-order valence-corrected chi connectivity index (χ2v) is 6.43. The Morgan fingerprint density at radius 2 is 2.24 bits per heavy atom. The van der Waals surface area contributed by atoms with Crippen molar-refractivity contribution >= 4 is 21.9 Å². The molecule has 1 aliphatic rings. The van der Waals surface area contributed by atoms with E-state index in [1.807, 2.05) is 0 Å². The van der Waals surface area contributed by atoms with Crippen molar-refractivity contribution in [2.24, 2.45) is 4.99 Å². The lowest BCUT2D eigenvalue weighted by atomic mass is 10.1. The molecule has 1 fully saturated rings. The van der Waals surface area contributed by atoms with E-state index in [4.69, 9.17) is 0 Å². The predicted octanol–water partition coefficient (Wildman–Crippen LogP) is 0.479. The molecule has 9 nitrogen and oxygen atoms in total. The van der Waals surface area contributed by atoms with Crippen molar-refractivity contribution in [3.63, 3.8) is 0 Å². The summed E-state index contributed by atoms with van der Waals surface area (Å²) in [7, 11) is -3.80. The van der Waals surface area contributed by atoms with Gasteiger partial charge in [-0.2, -0.15) is 4.31 Å². The molecule has 2 heterocycles. The van der Waals surface area contributed by atoms with Gasteiger partial charge in [0.2, 0.25) is 16.1 Å². The summed E-state index contributed by atoms with van der Waals surface area (Å²) in [5.41, 5.74) is 0. The van der Waals surface area contributed by atoms with Gasteiger partial charge in [0, 0.05) is 19.2 Å². The quantitative estimate of drug-likeness (QED) is 0.345. The topological polar surface area (TPSA) is 123 Å². The number of aliphatic imine (C=N–C) groups is 1. The van der Waals surface area contributed by atoms with Gasteiger partial charge in [-0.15, -0.1) is 0 Å². The SMILES string of the molecule is O=C=NC1CCCN(S(=O)(=O)c2ccc([N+](=O)[O-])nc2)C1. The third-order valence-electron chi connectivity index (χ3n) is 3.14. The smallest absolute Gasteiger partial charge is 0.358 e. The minimum atomic E-state index is -3.80. The molecule has 112 valence electrons. The van der Waals surface area contributed by atoms with Crippen LogP contribution in [-0.4, -0.2) is 47.8 Å². The number of nitro groups is 1. The lowest BCUT2D eigenvalue weighted by Gasteiger charge is -2.28. The van der Waals surface area contributed by atoms with Crippen LogP contribution in [0.3, 0.4) is 0 Å². The van der Waals surface area contributed by atoms with Gasteiger partial charge in [-0.05, 0) is 28.8 Å². The van der Waals surface area contributed by atoms with E-state index >= 15 is 0 Å². The molecule has 0 spiro atoms. The maximum atomic E-state index is 12.4. The number of hydrogen-bond acceptors (Lipinski definition) is 7. The zero-order valence-corrected chi connectivity index (χ0v) is 11.7. The monoisotopic (exact) mass is 312 g/mol. The summed E-state index contributed by atoms with van der Waals surface area (Å²) in [6.07, 6.45) is 3.60. The maximum Gasteiger partial charge on any atom is 0.363 e. The molecule has 1 aromatic heterocycles. The molecule has 0 saturated carbocycles. The van der Waals surface area contributed by atoms with Gasteiger partial charge in [0.25, 0.3) is 0 Å². The number of nitrogens with zero attached hydrogens (tertiary/aromatic N) is 4. The maximum absolute atomic E-state index is 12.4. The summed E-state index contributed by atoms with van der Waals surface area (Å²) >= 11 is 0. The summed E-state index contributed by atoms with van der Waals surface area (Å²) in [4.78, 5) is 27.0. The molecular formula is C11H12N4O5S. The molecule has 0 aliphatic carbocycles. The summed E-state index contributed by atoms with van der Waals surface area (Å²) in [5.74, 6) is -0.420. The molecule has 1 aliphatic heterocycles. The fraction of sp³-hybridized carbons (Fsp3) is 0.455. The average molecular weight is 312 g/mol. The first-order valence-electron chi connectivity index (χ1n) is 6.12. The molecule has 1 saturated heterocycles. The summed E-state index contributed by atoms with van der Waals surface area (Å²) in [6.45, 7) is 0.402. The van der Waals surface area contributed by atoms with Crippen molar-refractivity contribution < 1.29 is 18.1 Å². The highest BCUT2D eigenvalue weighted by atomic mass is 32.2. The molecule has 2 rings (SSSR count). The third-order valence-corrected chi connectivity index (χ3v) is 4.99. The van der Waals surface area contributed by atoms with E-state index in [1.165, 1.54) is 10.4 Å². The van der Waals surface area contributed by atoms with Crippen LogP contribution in [0, 0.1) is 10.1 Å². The highest BCUT2D eigenvalue weighted by molar-refractivity contribution is 7.89. The highest BCUT2D eigenvalue weighted by Crippen LogP contribution is 2.22. The average Bonchev–Trinajstić information content (AvgIpc) is 2.48. The Bertz CT molecular complexity index is 681.